The number of nitrogens with zero attached hydrogens (tertiary/aromatic N) is 2. The molecule has 2 aromatic carbocycles. The number of aliphatic imine (C=N–C) groups is 1. The van der Waals surface area contributed by atoms with Crippen LogP contribution >= 0.6 is 11.6 Å². The zero-order chi connectivity index (χ0) is 21.8. The summed E-state index contributed by atoms with van der Waals surface area (Å²) in [6.07, 6.45) is 6.12. The Morgan fingerprint density at radius 2 is 1.87 bits per heavy atom. The summed E-state index contributed by atoms with van der Waals surface area (Å²) in [7, 11) is 1.61. The van der Waals surface area contributed by atoms with Crippen LogP contribution in [0.25, 0.3) is 10.9 Å². The molecule has 1 N–H and O–H groups in total. The Balaban J connectivity index is 1.48. The summed E-state index contributed by atoms with van der Waals surface area (Å²) in [4.78, 5) is 14.4. The predicted molar refractivity (Wildman–Crippen MR) is 124 cm³/mol. The van der Waals surface area contributed by atoms with Crippen molar-refractivity contribution in [2.45, 2.75) is 38.5 Å². The van der Waals surface area contributed by atoms with Gasteiger partial charge >= 0.3 is 0 Å². The first-order chi connectivity index (χ1) is 15.0. The van der Waals surface area contributed by atoms with Crippen LogP contribution in [0.4, 0.5) is 10.1 Å². The minimum atomic E-state index is -0.210. The van der Waals surface area contributed by atoms with Crippen molar-refractivity contribution in [3.8, 4) is 0 Å². The van der Waals surface area contributed by atoms with Gasteiger partial charge in [0.2, 0.25) is 0 Å². The van der Waals surface area contributed by atoms with Crippen LogP contribution in [0.15, 0.2) is 59.7 Å². The van der Waals surface area contributed by atoms with Crippen LogP contribution in [0.3, 0.4) is 0 Å². The van der Waals surface area contributed by atoms with Gasteiger partial charge in [0, 0.05) is 22.5 Å². The van der Waals surface area contributed by atoms with Crippen LogP contribution < -0.4 is 5.48 Å². The second-order valence-corrected chi connectivity index (χ2v) is 8.68. The van der Waals surface area contributed by atoms with Gasteiger partial charge in [0.15, 0.2) is 0 Å². The molecule has 0 unspecified atom stereocenters. The van der Waals surface area contributed by atoms with Gasteiger partial charge in [-0.25, -0.2) is 9.38 Å². The third-order valence-electron chi connectivity index (χ3n) is 6.37. The molecule has 0 bridgehead atoms. The van der Waals surface area contributed by atoms with Gasteiger partial charge in [0.05, 0.1) is 18.3 Å². The standard InChI is InChI=1S/C25H27ClFN3O/c1-16(25(30-31-2)29-21-10-7-19(26)8-11-21)17-3-5-18(6-4-17)22-13-14-28-24-12-9-20(27)15-23(22)24/h7-18H,3-6H2,1-2H3,(H,29,30)/t16-,17?,18?/m1/s1. The molecule has 0 spiro atoms. The number of nitrogens with one attached hydrogen (secondary N) is 1. The maximum atomic E-state index is 13.8. The Labute approximate surface area is 187 Å². The molecule has 1 fully saturated rings. The zero-order valence-corrected chi connectivity index (χ0v) is 18.6. The number of aromatic nitrogens is 1. The van der Waals surface area contributed by atoms with Crippen molar-refractivity contribution in [2.24, 2.45) is 16.8 Å². The molecule has 4 rings (SSSR count). The Morgan fingerprint density at radius 1 is 1.13 bits per heavy atom. The summed E-state index contributed by atoms with van der Waals surface area (Å²) in [5.74, 6) is 1.75. The number of hydrogen-bond acceptors (Lipinski definition) is 3. The summed E-state index contributed by atoms with van der Waals surface area (Å²) in [6.45, 7) is 2.20. The van der Waals surface area contributed by atoms with Gasteiger partial charge in [0.1, 0.15) is 11.7 Å². The van der Waals surface area contributed by atoms with Crippen molar-refractivity contribution in [2.75, 3.05) is 7.11 Å². The van der Waals surface area contributed by atoms with Crippen LogP contribution in [-0.4, -0.2) is 17.9 Å². The third kappa shape index (κ3) is 5.05. The van der Waals surface area contributed by atoms with Crippen molar-refractivity contribution in [3.63, 3.8) is 0 Å². The summed E-state index contributed by atoms with van der Waals surface area (Å²) >= 11 is 5.99. The molecule has 1 aliphatic rings. The smallest absolute Gasteiger partial charge is 0.129 e. The summed E-state index contributed by atoms with van der Waals surface area (Å²) in [6, 6.07) is 14.4. The highest BCUT2D eigenvalue weighted by molar-refractivity contribution is 6.30. The number of amidine groups is 1. The van der Waals surface area contributed by atoms with Crippen LogP contribution in [0.5, 0.6) is 0 Å². The maximum Gasteiger partial charge on any atom is 0.129 e. The highest BCUT2D eigenvalue weighted by atomic mass is 35.5. The monoisotopic (exact) mass is 439 g/mol. The van der Waals surface area contributed by atoms with Crippen LogP contribution in [0.2, 0.25) is 5.02 Å². The summed E-state index contributed by atoms with van der Waals surface area (Å²) in [5, 5.41) is 1.63. The molecule has 1 heterocycles. The molecule has 6 heteroatoms. The fourth-order valence-electron chi connectivity index (χ4n) is 4.63. The van der Waals surface area contributed by atoms with Crippen molar-refractivity contribution < 1.29 is 9.23 Å². The van der Waals surface area contributed by atoms with E-state index >= 15 is 0 Å². The van der Waals surface area contributed by atoms with Gasteiger partial charge in [-0.3, -0.25) is 15.3 Å². The molecule has 0 aliphatic heterocycles. The minimum Gasteiger partial charge on any atom is -0.278 e. The molecular formula is C25H27ClFN3O. The molecule has 1 aromatic heterocycles. The fourth-order valence-corrected chi connectivity index (χ4v) is 4.75. The van der Waals surface area contributed by atoms with Crippen LogP contribution in [-0.2, 0) is 4.84 Å². The summed E-state index contributed by atoms with van der Waals surface area (Å²) < 4.78 is 13.8. The van der Waals surface area contributed by atoms with E-state index in [2.05, 4.69) is 23.5 Å². The molecule has 0 radical (unpaired) electrons. The third-order valence-corrected chi connectivity index (χ3v) is 6.62. The molecule has 1 saturated carbocycles. The first-order valence-electron chi connectivity index (χ1n) is 10.7. The molecule has 1 aliphatic carbocycles. The number of fused-ring (bicyclic) bond motifs is 1. The highest BCUT2D eigenvalue weighted by Gasteiger charge is 2.29. The number of hydroxylamine groups is 1. The molecule has 31 heavy (non-hydrogen) atoms. The summed E-state index contributed by atoms with van der Waals surface area (Å²) in [5.41, 5.74) is 5.89. The van der Waals surface area contributed by atoms with E-state index in [1.807, 2.05) is 30.5 Å². The first-order valence-corrected chi connectivity index (χ1v) is 11.1. The molecule has 4 nitrogen and oxygen atoms in total. The average Bonchev–Trinajstić information content (AvgIpc) is 2.79. The largest absolute Gasteiger partial charge is 0.278 e. The van der Waals surface area contributed by atoms with E-state index in [1.165, 1.54) is 11.6 Å². The Kier molecular flexibility index (Phi) is 6.83. The predicted octanol–water partition coefficient (Wildman–Crippen LogP) is 6.82. The van der Waals surface area contributed by atoms with Gasteiger partial charge in [-0.1, -0.05) is 18.5 Å². The van der Waals surface area contributed by atoms with Crippen molar-refractivity contribution in [1.82, 2.24) is 10.5 Å². The van der Waals surface area contributed by atoms with Gasteiger partial charge in [0.25, 0.3) is 0 Å². The highest BCUT2D eigenvalue weighted by Crippen LogP contribution is 2.41. The van der Waals surface area contributed by atoms with E-state index < -0.39 is 0 Å². The number of halogens is 2. The second kappa shape index (κ2) is 9.75. The molecule has 162 valence electrons. The number of pyridine rings is 1. The molecule has 3 aromatic rings. The average molecular weight is 440 g/mol. The quantitative estimate of drug-likeness (QED) is 0.269. The Hall–Kier alpha value is -2.50. The first kappa shape index (κ1) is 21.7. The van der Waals surface area contributed by atoms with Gasteiger partial charge in [-0.2, -0.15) is 0 Å². The Morgan fingerprint density at radius 3 is 2.58 bits per heavy atom. The number of benzene rings is 2. The van der Waals surface area contributed by atoms with E-state index in [0.29, 0.717) is 16.9 Å². The molecular weight excluding hydrogens is 413 g/mol. The minimum absolute atomic E-state index is 0.210. The van der Waals surface area contributed by atoms with Gasteiger partial charge < -0.3 is 0 Å². The number of hydrogen-bond donors (Lipinski definition) is 1. The Bertz CT molecular complexity index is 1060. The second-order valence-electron chi connectivity index (χ2n) is 8.24. The van der Waals surface area contributed by atoms with Gasteiger partial charge in [-0.15, -0.1) is 0 Å². The number of rotatable bonds is 5. The van der Waals surface area contributed by atoms with Crippen LogP contribution in [0, 0.1) is 17.7 Å². The van der Waals surface area contributed by atoms with Crippen LogP contribution in [0.1, 0.15) is 44.1 Å². The lowest BCUT2D eigenvalue weighted by molar-refractivity contribution is 0.135. The van der Waals surface area contributed by atoms with E-state index in [4.69, 9.17) is 21.4 Å². The van der Waals surface area contributed by atoms with E-state index in [9.17, 15) is 4.39 Å². The van der Waals surface area contributed by atoms with E-state index in [1.54, 1.807) is 19.2 Å². The lowest BCUT2D eigenvalue weighted by atomic mass is 9.73. The normalized spacial score (nSPS) is 20.6. The topological polar surface area (TPSA) is 46.5 Å². The molecule has 1 atom stereocenters. The lowest BCUT2D eigenvalue weighted by Crippen LogP contribution is -2.34. The van der Waals surface area contributed by atoms with Crippen molar-refractivity contribution in [1.29, 1.82) is 0 Å². The van der Waals surface area contributed by atoms with E-state index in [-0.39, 0.29) is 11.7 Å². The van der Waals surface area contributed by atoms with E-state index in [0.717, 1.165) is 48.1 Å². The maximum absolute atomic E-state index is 13.8. The fraction of sp³-hybridized carbons (Fsp3) is 0.360. The zero-order valence-electron chi connectivity index (χ0n) is 17.8. The SMILES string of the molecule is CONC(=Nc1ccc(Cl)cc1)[C@H](C)C1CCC(c2ccnc3ccc(F)cc23)CC1. The van der Waals surface area contributed by atoms with Crippen molar-refractivity contribution >= 4 is 34.0 Å². The lowest BCUT2D eigenvalue weighted by Gasteiger charge is -2.33. The van der Waals surface area contributed by atoms with Gasteiger partial charge in [-0.05, 0) is 91.6 Å². The van der Waals surface area contributed by atoms with Crippen molar-refractivity contribution in [3.05, 3.63) is 71.1 Å². The molecule has 0 saturated heterocycles. The molecule has 0 amide bonds.